The van der Waals surface area contributed by atoms with Crippen molar-refractivity contribution in [1.29, 1.82) is 0 Å². The quantitative estimate of drug-likeness (QED) is 0.401. The average molecular weight is 432 g/mol. The molecule has 0 bridgehead atoms. The van der Waals surface area contributed by atoms with E-state index in [0.717, 1.165) is 5.56 Å². The van der Waals surface area contributed by atoms with Gasteiger partial charge in [0.2, 0.25) is 0 Å². The molecule has 0 saturated heterocycles. The first kappa shape index (κ1) is 21.0. The number of aromatic nitrogens is 2. The van der Waals surface area contributed by atoms with Crippen LogP contribution in [0, 0.1) is 0 Å². The Morgan fingerprint density at radius 1 is 1.00 bits per heavy atom. The highest BCUT2D eigenvalue weighted by molar-refractivity contribution is 6.30. The van der Waals surface area contributed by atoms with E-state index in [0.29, 0.717) is 34.6 Å². The molecule has 4 aromatic rings. The fraction of sp³-hybridized carbons (Fsp3) is 0.160. The van der Waals surface area contributed by atoms with E-state index in [1.54, 1.807) is 42.5 Å². The highest BCUT2D eigenvalue weighted by Crippen LogP contribution is 2.19. The van der Waals surface area contributed by atoms with Gasteiger partial charge in [-0.3, -0.25) is 19.1 Å². The molecule has 5 nitrogen and oxygen atoms in total. The van der Waals surface area contributed by atoms with Crippen LogP contribution in [0.1, 0.15) is 22.0 Å². The van der Waals surface area contributed by atoms with E-state index in [2.05, 4.69) is 4.98 Å². The Labute approximate surface area is 185 Å². The van der Waals surface area contributed by atoms with Crippen molar-refractivity contribution in [2.24, 2.45) is 0 Å². The molecule has 0 aliphatic rings. The van der Waals surface area contributed by atoms with Gasteiger partial charge >= 0.3 is 0 Å². The maximum atomic E-state index is 13.5. The number of rotatable bonds is 7. The Kier molecular flexibility index (Phi) is 6.26. The number of nitrogens with zero attached hydrogens (tertiary/aromatic N) is 3. The van der Waals surface area contributed by atoms with Gasteiger partial charge in [-0.25, -0.2) is 4.98 Å². The molecular weight excluding hydrogens is 410 g/mol. The number of hydrogen-bond donors (Lipinski definition) is 0. The van der Waals surface area contributed by atoms with Crippen LogP contribution in [0.3, 0.4) is 0 Å². The Morgan fingerprint density at radius 2 is 1.68 bits per heavy atom. The summed E-state index contributed by atoms with van der Waals surface area (Å²) in [4.78, 5) is 33.2. The Hall–Kier alpha value is -3.28. The first-order valence-electron chi connectivity index (χ1n) is 10.0. The fourth-order valence-electron chi connectivity index (χ4n) is 3.66. The van der Waals surface area contributed by atoms with E-state index in [-0.39, 0.29) is 11.3 Å². The number of benzene rings is 3. The third-order valence-electron chi connectivity index (χ3n) is 5.24. The molecule has 156 valence electrons. The van der Waals surface area contributed by atoms with Crippen molar-refractivity contribution in [1.82, 2.24) is 14.5 Å². The van der Waals surface area contributed by atoms with Crippen molar-refractivity contribution in [2.75, 3.05) is 13.6 Å². The molecule has 1 unspecified atom stereocenters. The van der Waals surface area contributed by atoms with Crippen molar-refractivity contribution in [3.63, 3.8) is 0 Å². The van der Waals surface area contributed by atoms with Crippen molar-refractivity contribution >= 4 is 28.3 Å². The van der Waals surface area contributed by atoms with Crippen LogP contribution < -0.4 is 5.56 Å². The van der Waals surface area contributed by atoms with E-state index < -0.39 is 6.04 Å². The van der Waals surface area contributed by atoms with Gasteiger partial charge in [0.15, 0.2) is 5.78 Å². The monoisotopic (exact) mass is 431 g/mol. The first-order valence-corrected chi connectivity index (χ1v) is 10.4. The number of carbonyl (C=O) groups excluding carboxylic acids is 1. The summed E-state index contributed by atoms with van der Waals surface area (Å²) >= 11 is 5.99. The van der Waals surface area contributed by atoms with E-state index in [1.165, 1.54) is 10.9 Å². The topological polar surface area (TPSA) is 55.2 Å². The molecule has 0 aliphatic heterocycles. The Bertz CT molecular complexity index is 1250. The van der Waals surface area contributed by atoms with Gasteiger partial charge in [-0.15, -0.1) is 0 Å². The lowest BCUT2D eigenvalue weighted by atomic mass is 10.0. The van der Waals surface area contributed by atoms with Gasteiger partial charge in [0.25, 0.3) is 5.56 Å². The molecule has 0 amide bonds. The molecule has 0 saturated carbocycles. The number of carbonyl (C=O) groups is 1. The maximum absolute atomic E-state index is 13.5. The predicted molar refractivity (Wildman–Crippen MR) is 124 cm³/mol. The zero-order valence-electron chi connectivity index (χ0n) is 17.1. The third-order valence-corrected chi connectivity index (χ3v) is 5.49. The molecular formula is C25H22ClN3O2. The molecule has 1 aromatic heterocycles. The van der Waals surface area contributed by atoms with E-state index in [4.69, 9.17) is 11.6 Å². The highest BCUT2D eigenvalue weighted by Gasteiger charge is 2.25. The average Bonchev–Trinajstić information content (AvgIpc) is 2.79. The van der Waals surface area contributed by atoms with Gasteiger partial charge in [-0.05, 0) is 49.0 Å². The molecule has 0 fully saturated rings. The van der Waals surface area contributed by atoms with Gasteiger partial charge in [0.1, 0.15) is 6.04 Å². The zero-order chi connectivity index (χ0) is 21.8. The minimum Gasteiger partial charge on any atom is -0.300 e. The summed E-state index contributed by atoms with van der Waals surface area (Å²) in [6, 6.07) is 23.2. The molecule has 6 heteroatoms. The summed E-state index contributed by atoms with van der Waals surface area (Å²) < 4.78 is 1.45. The highest BCUT2D eigenvalue weighted by atomic mass is 35.5. The molecule has 31 heavy (non-hydrogen) atoms. The Balaban J connectivity index is 1.72. The second kappa shape index (κ2) is 9.25. The van der Waals surface area contributed by atoms with E-state index in [1.807, 2.05) is 48.3 Å². The van der Waals surface area contributed by atoms with Crippen molar-refractivity contribution in [2.45, 2.75) is 12.6 Å². The number of Topliss-reactive ketones (excluding diaryl/α,β-unsaturated/α-hetero) is 1. The molecule has 0 radical (unpaired) electrons. The van der Waals surface area contributed by atoms with E-state index in [9.17, 15) is 9.59 Å². The van der Waals surface area contributed by atoms with Crippen molar-refractivity contribution < 1.29 is 4.79 Å². The lowest BCUT2D eigenvalue weighted by molar-refractivity contribution is 0.0891. The number of para-hydroxylation sites is 1. The Morgan fingerprint density at radius 3 is 2.42 bits per heavy atom. The minimum absolute atomic E-state index is 0.157. The van der Waals surface area contributed by atoms with Crippen LogP contribution in [0.25, 0.3) is 10.9 Å². The first-order chi connectivity index (χ1) is 15.0. The molecule has 3 aromatic carbocycles. The lowest BCUT2D eigenvalue weighted by Gasteiger charge is -2.25. The van der Waals surface area contributed by atoms with Crippen LogP contribution >= 0.6 is 11.6 Å². The van der Waals surface area contributed by atoms with Gasteiger partial charge < -0.3 is 0 Å². The zero-order valence-corrected chi connectivity index (χ0v) is 17.9. The van der Waals surface area contributed by atoms with Gasteiger partial charge in [0.05, 0.1) is 17.2 Å². The van der Waals surface area contributed by atoms with Crippen LogP contribution in [-0.2, 0) is 6.54 Å². The smallest absolute Gasteiger partial charge is 0.261 e. The van der Waals surface area contributed by atoms with Gasteiger partial charge in [-0.2, -0.15) is 0 Å². The summed E-state index contributed by atoms with van der Waals surface area (Å²) in [6.45, 7) is 1.01. The predicted octanol–water partition coefficient (Wildman–Crippen LogP) is 4.61. The second-order valence-corrected chi connectivity index (χ2v) is 7.98. The van der Waals surface area contributed by atoms with Crippen LogP contribution in [0.15, 0.2) is 90.0 Å². The molecule has 0 spiro atoms. The largest absolute Gasteiger partial charge is 0.300 e. The summed E-state index contributed by atoms with van der Waals surface area (Å²) in [6.07, 6.45) is 1.47. The molecule has 4 rings (SSSR count). The summed E-state index contributed by atoms with van der Waals surface area (Å²) in [7, 11) is 1.94. The SMILES string of the molecule is CN(Cc1ccccc1)CC(C(=O)c1ccc(Cl)cc1)n1cnc2ccccc2c1=O. The van der Waals surface area contributed by atoms with Crippen molar-refractivity contribution in [3.05, 3.63) is 112 Å². The summed E-state index contributed by atoms with van der Waals surface area (Å²) in [5.41, 5.74) is 2.01. The number of halogens is 1. The number of ketones is 1. The summed E-state index contributed by atoms with van der Waals surface area (Å²) in [5.74, 6) is -0.157. The number of likely N-dealkylation sites (N-methyl/N-ethyl adjacent to an activating group) is 1. The van der Waals surface area contributed by atoms with Gasteiger partial charge in [0, 0.05) is 23.7 Å². The third kappa shape index (κ3) is 4.74. The number of hydrogen-bond acceptors (Lipinski definition) is 4. The van der Waals surface area contributed by atoms with E-state index >= 15 is 0 Å². The molecule has 1 atom stereocenters. The van der Waals surface area contributed by atoms with Crippen LogP contribution in [0.5, 0.6) is 0 Å². The second-order valence-electron chi connectivity index (χ2n) is 7.54. The van der Waals surface area contributed by atoms with Crippen LogP contribution in [0.2, 0.25) is 5.02 Å². The van der Waals surface area contributed by atoms with Crippen molar-refractivity contribution in [3.8, 4) is 0 Å². The standard InChI is InChI=1S/C25H22ClN3O2/c1-28(15-18-7-3-2-4-8-18)16-23(24(30)19-11-13-20(26)14-12-19)29-17-27-22-10-6-5-9-21(22)25(29)31/h2-14,17,23H,15-16H2,1H3. The van der Waals surface area contributed by atoms with Crippen LogP contribution in [-0.4, -0.2) is 33.8 Å². The van der Waals surface area contributed by atoms with Crippen LogP contribution in [0.4, 0.5) is 0 Å². The minimum atomic E-state index is -0.723. The lowest BCUT2D eigenvalue weighted by Crippen LogP contribution is -2.37. The molecule has 0 aliphatic carbocycles. The normalized spacial score (nSPS) is 12.2. The fourth-order valence-corrected chi connectivity index (χ4v) is 3.79. The maximum Gasteiger partial charge on any atom is 0.261 e. The molecule has 1 heterocycles. The van der Waals surface area contributed by atoms with Gasteiger partial charge in [-0.1, -0.05) is 54.1 Å². The number of fused-ring (bicyclic) bond motifs is 1. The summed E-state index contributed by atoms with van der Waals surface area (Å²) in [5, 5.41) is 1.04. The molecule has 0 N–H and O–H groups in total.